The van der Waals surface area contributed by atoms with Crippen molar-refractivity contribution >= 4 is 33.5 Å². The van der Waals surface area contributed by atoms with Crippen molar-refractivity contribution in [2.24, 2.45) is 0 Å². The predicted molar refractivity (Wildman–Crippen MR) is 115 cm³/mol. The number of aromatic nitrogens is 2. The van der Waals surface area contributed by atoms with Crippen molar-refractivity contribution in [1.29, 1.82) is 0 Å². The maximum absolute atomic E-state index is 13.6. The van der Waals surface area contributed by atoms with Gasteiger partial charge in [0, 0.05) is 29.6 Å². The van der Waals surface area contributed by atoms with E-state index in [4.69, 9.17) is 4.42 Å². The second kappa shape index (κ2) is 7.61. The van der Waals surface area contributed by atoms with E-state index in [1.165, 1.54) is 23.5 Å². The highest BCUT2D eigenvalue weighted by atomic mass is 32.1. The van der Waals surface area contributed by atoms with Crippen LogP contribution in [0.4, 0.5) is 9.52 Å². The van der Waals surface area contributed by atoms with Gasteiger partial charge in [0.15, 0.2) is 10.7 Å². The van der Waals surface area contributed by atoms with Crippen molar-refractivity contribution in [2.45, 2.75) is 6.54 Å². The first-order valence-corrected chi connectivity index (χ1v) is 10.2. The van der Waals surface area contributed by atoms with E-state index in [0.29, 0.717) is 23.0 Å². The Morgan fingerprint density at radius 2 is 1.97 bits per heavy atom. The molecule has 2 aromatic carbocycles. The van der Waals surface area contributed by atoms with E-state index < -0.39 is 0 Å². The number of hydrogen-bond acceptors (Lipinski definition) is 4. The van der Waals surface area contributed by atoms with Gasteiger partial charge < -0.3 is 8.98 Å². The van der Waals surface area contributed by atoms with E-state index in [0.717, 1.165) is 22.3 Å². The summed E-state index contributed by atoms with van der Waals surface area (Å²) in [5.74, 6) is -0.614. The zero-order valence-electron chi connectivity index (χ0n) is 15.7. The van der Waals surface area contributed by atoms with Gasteiger partial charge in [-0.3, -0.25) is 10.1 Å². The summed E-state index contributed by atoms with van der Waals surface area (Å²) in [4.78, 5) is 17.5. The molecule has 0 aliphatic rings. The topological polar surface area (TPSA) is 60.1 Å². The van der Waals surface area contributed by atoms with Gasteiger partial charge in [0.1, 0.15) is 11.5 Å². The molecule has 0 aliphatic heterocycles. The molecule has 5 rings (SSSR count). The van der Waals surface area contributed by atoms with Crippen molar-refractivity contribution in [1.82, 2.24) is 9.55 Å². The summed E-state index contributed by atoms with van der Waals surface area (Å²) >= 11 is 1.36. The van der Waals surface area contributed by atoms with Gasteiger partial charge in [0.05, 0.1) is 17.5 Å². The van der Waals surface area contributed by atoms with Crippen LogP contribution >= 0.6 is 11.3 Å². The lowest BCUT2D eigenvalue weighted by Gasteiger charge is -2.10. The van der Waals surface area contributed by atoms with Crippen LogP contribution in [0.15, 0.2) is 82.8 Å². The van der Waals surface area contributed by atoms with Crippen LogP contribution in [0.3, 0.4) is 0 Å². The Bertz CT molecular complexity index is 1340. The van der Waals surface area contributed by atoms with E-state index in [1.54, 1.807) is 24.5 Å². The predicted octanol–water partition coefficient (Wildman–Crippen LogP) is 5.80. The molecule has 148 valence electrons. The summed E-state index contributed by atoms with van der Waals surface area (Å²) in [6.45, 7) is 0.344. The molecule has 0 saturated carbocycles. The summed E-state index contributed by atoms with van der Waals surface area (Å²) in [5, 5.41) is 5.28. The molecule has 1 N–H and O–H groups in total. The monoisotopic (exact) mass is 417 g/mol. The second-order valence-electron chi connectivity index (χ2n) is 6.77. The zero-order chi connectivity index (χ0) is 20.5. The summed E-state index contributed by atoms with van der Waals surface area (Å²) in [6, 6.07) is 19.6. The minimum atomic E-state index is -0.315. The van der Waals surface area contributed by atoms with Crippen LogP contribution in [0.2, 0.25) is 0 Å². The van der Waals surface area contributed by atoms with Gasteiger partial charge in [-0.25, -0.2) is 9.37 Å². The van der Waals surface area contributed by atoms with Crippen molar-refractivity contribution in [3.05, 3.63) is 95.4 Å². The Kier molecular flexibility index (Phi) is 4.65. The highest BCUT2D eigenvalue weighted by molar-refractivity contribution is 7.14. The molecule has 3 aromatic heterocycles. The Morgan fingerprint density at radius 1 is 1.10 bits per heavy atom. The number of amides is 1. The molecular formula is C23H16FN3O2S. The number of furan rings is 1. The Balaban J connectivity index is 1.44. The van der Waals surface area contributed by atoms with Crippen LogP contribution in [-0.4, -0.2) is 15.5 Å². The third-order valence-electron chi connectivity index (χ3n) is 4.78. The summed E-state index contributed by atoms with van der Waals surface area (Å²) in [5.41, 5.74) is 4.34. The molecule has 0 fully saturated rings. The van der Waals surface area contributed by atoms with Crippen LogP contribution in [-0.2, 0) is 6.54 Å². The molecule has 0 radical (unpaired) electrons. The standard InChI is InChI=1S/C23H16FN3O2S/c24-17-8-4-5-15(11-17)13-27-19-9-10-29-21(19)12-20(27)22(28)26-23-25-18(14-30-23)16-6-2-1-3-7-16/h1-12,14H,13H2,(H,25,26,28). The van der Waals surface area contributed by atoms with Gasteiger partial charge in [-0.15, -0.1) is 11.3 Å². The number of carbonyl (C=O) groups excluding carboxylic acids is 1. The molecule has 0 unspecified atom stereocenters. The number of thiazole rings is 1. The highest BCUT2D eigenvalue weighted by Crippen LogP contribution is 2.27. The molecule has 7 heteroatoms. The molecule has 0 bridgehead atoms. The molecule has 0 spiro atoms. The van der Waals surface area contributed by atoms with Crippen molar-refractivity contribution < 1.29 is 13.6 Å². The first kappa shape index (κ1) is 18.3. The third-order valence-corrected chi connectivity index (χ3v) is 5.54. The van der Waals surface area contributed by atoms with Gasteiger partial charge in [-0.2, -0.15) is 0 Å². The number of benzene rings is 2. The van der Waals surface area contributed by atoms with Crippen molar-refractivity contribution in [3.8, 4) is 11.3 Å². The van der Waals surface area contributed by atoms with E-state index in [1.807, 2.05) is 46.3 Å². The van der Waals surface area contributed by atoms with E-state index in [9.17, 15) is 9.18 Å². The second-order valence-corrected chi connectivity index (χ2v) is 7.63. The van der Waals surface area contributed by atoms with Gasteiger partial charge in [0.25, 0.3) is 5.91 Å². The van der Waals surface area contributed by atoms with Crippen LogP contribution in [0.1, 0.15) is 16.1 Å². The van der Waals surface area contributed by atoms with E-state index in [2.05, 4.69) is 10.3 Å². The van der Waals surface area contributed by atoms with E-state index >= 15 is 0 Å². The molecule has 30 heavy (non-hydrogen) atoms. The van der Waals surface area contributed by atoms with Gasteiger partial charge in [0.2, 0.25) is 0 Å². The van der Waals surface area contributed by atoms with Gasteiger partial charge >= 0.3 is 0 Å². The first-order chi connectivity index (χ1) is 14.7. The molecule has 5 aromatic rings. The summed E-state index contributed by atoms with van der Waals surface area (Å²) < 4.78 is 20.9. The van der Waals surface area contributed by atoms with Gasteiger partial charge in [-0.05, 0) is 17.7 Å². The van der Waals surface area contributed by atoms with E-state index in [-0.39, 0.29) is 11.7 Å². The maximum atomic E-state index is 13.6. The lowest BCUT2D eigenvalue weighted by molar-refractivity contribution is 0.101. The molecule has 5 nitrogen and oxygen atoms in total. The van der Waals surface area contributed by atoms with Crippen molar-refractivity contribution in [3.63, 3.8) is 0 Å². The minimum absolute atomic E-state index is 0.299. The fraction of sp³-hybridized carbons (Fsp3) is 0.0435. The Labute approximate surface area is 175 Å². The fourth-order valence-corrected chi connectivity index (χ4v) is 4.10. The number of anilines is 1. The molecule has 0 aliphatic carbocycles. The number of rotatable bonds is 5. The molecule has 0 saturated heterocycles. The number of hydrogen-bond donors (Lipinski definition) is 1. The van der Waals surface area contributed by atoms with Crippen LogP contribution in [0, 0.1) is 5.82 Å². The molecule has 3 heterocycles. The lowest BCUT2D eigenvalue weighted by Crippen LogP contribution is -2.17. The SMILES string of the molecule is O=C(Nc1nc(-c2ccccc2)cs1)c1cc2occc2n1Cc1cccc(F)c1. The first-order valence-electron chi connectivity index (χ1n) is 9.31. The molecule has 0 atom stereocenters. The summed E-state index contributed by atoms with van der Waals surface area (Å²) in [7, 11) is 0. The molecule has 1 amide bonds. The number of fused-ring (bicyclic) bond motifs is 1. The normalized spacial score (nSPS) is 11.1. The zero-order valence-corrected chi connectivity index (χ0v) is 16.5. The maximum Gasteiger partial charge on any atom is 0.274 e. The quantitative estimate of drug-likeness (QED) is 0.393. The smallest absolute Gasteiger partial charge is 0.274 e. The minimum Gasteiger partial charge on any atom is -0.463 e. The number of halogens is 1. The van der Waals surface area contributed by atoms with Crippen molar-refractivity contribution in [2.75, 3.05) is 5.32 Å². The summed E-state index contributed by atoms with van der Waals surface area (Å²) in [6.07, 6.45) is 1.57. The Morgan fingerprint density at radius 3 is 2.80 bits per heavy atom. The van der Waals surface area contributed by atoms with Gasteiger partial charge in [-0.1, -0.05) is 42.5 Å². The number of carbonyl (C=O) groups is 1. The lowest BCUT2D eigenvalue weighted by atomic mass is 10.2. The average molecular weight is 417 g/mol. The average Bonchev–Trinajstić information content (AvgIpc) is 3.46. The van der Waals surface area contributed by atoms with Crippen LogP contribution in [0.5, 0.6) is 0 Å². The van der Waals surface area contributed by atoms with Crippen LogP contribution in [0.25, 0.3) is 22.4 Å². The highest BCUT2D eigenvalue weighted by Gasteiger charge is 2.19. The fourth-order valence-electron chi connectivity index (χ4n) is 3.39. The number of nitrogens with zero attached hydrogens (tertiary/aromatic N) is 2. The van der Waals surface area contributed by atoms with Crippen LogP contribution < -0.4 is 5.32 Å². The Hall–Kier alpha value is -3.71. The third kappa shape index (κ3) is 3.51. The molecular weight excluding hydrogens is 401 g/mol. The largest absolute Gasteiger partial charge is 0.463 e. The number of nitrogens with one attached hydrogen (secondary N) is 1.